The Hall–Kier alpha value is -2.80. The zero-order valence-corrected chi connectivity index (χ0v) is 14.1. The molecule has 0 bridgehead atoms. The Labute approximate surface area is 152 Å². The molecule has 1 aliphatic rings. The second-order valence-corrected chi connectivity index (χ2v) is 6.37. The minimum absolute atomic E-state index is 0.0946. The molecule has 1 aromatic heterocycles. The van der Waals surface area contributed by atoms with Gasteiger partial charge in [-0.2, -0.15) is 4.98 Å². The predicted molar refractivity (Wildman–Crippen MR) is 90.8 cm³/mol. The lowest BCUT2D eigenvalue weighted by Crippen LogP contribution is -2.24. The second-order valence-electron chi connectivity index (χ2n) is 5.96. The van der Waals surface area contributed by atoms with Crippen molar-refractivity contribution in [3.8, 4) is 11.5 Å². The molecule has 1 amide bonds. The number of amides is 1. The van der Waals surface area contributed by atoms with Gasteiger partial charge in [-0.15, -0.1) is 0 Å². The summed E-state index contributed by atoms with van der Waals surface area (Å²) in [5.74, 6) is -0.793. The van der Waals surface area contributed by atoms with Gasteiger partial charge in [0.15, 0.2) is 5.82 Å². The van der Waals surface area contributed by atoms with E-state index in [-0.39, 0.29) is 35.0 Å². The van der Waals surface area contributed by atoms with Crippen molar-refractivity contribution in [2.24, 2.45) is 0 Å². The molecule has 26 heavy (non-hydrogen) atoms. The van der Waals surface area contributed by atoms with Gasteiger partial charge in [0.25, 0.3) is 5.89 Å². The molecule has 3 aromatic rings. The van der Waals surface area contributed by atoms with Gasteiger partial charge in [-0.25, -0.2) is 8.78 Å². The SMILES string of the molecule is O=C1C[C@H](c2noc(-c3cc(F)ccc3Cl)n2)CN1c1ccc(F)cc1. The zero-order valence-electron chi connectivity index (χ0n) is 13.3. The normalized spacial score (nSPS) is 17.1. The van der Waals surface area contributed by atoms with E-state index in [4.69, 9.17) is 16.1 Å². The summed E-state index contributed by atoms with van der Waals surface area (Å²) in [6.45, 7) is 0.348. The monoisotopic (exact) mass is 375 g/mol. The van der Waals surface area contributed by atoms with Crippen LogP contribution >= 0.6 is 11.6 Å². The highest BCUT2D eigenvalue weighted by atomic mass is 35.5. The fourth-order valence-corrected chi connectivity index (χ4v) is 3.12. The average Bonchev–Trinajstić information content (AvgIpc) is 3.25. The zero-order chi connectivity index (χ0) is 18.3. The number of benzene rings is 2. The summed E-state index contributed by atoms with van der Waals surface area (Å²) in [5.41, 5.74) is 0.904. The van der Waals surface area contributed by atoms with Crippen LogP contribution in [0.3, 0.4) is 0 Å². The van der Waals surface area contributed by atoms with Crippen molar-refractivity contribution in [2.45, 2.75) is 12.3 Å². The van der Waals surface area contributed by atoms with Crippen LogP contribution in [0.25, 0.3) is 11.5 Å². The van der Waals surface area contributed by atoms with Crippen molar-refractivity contribution < 1.29 is 18.1 Å². The van der Waals surface area contributed by atoms with Crippen LogP contribution in [-0.2, 0) is 4.79 Å². The van der Waals surface area contributed by atoms with Crippen LogP contribution in [0.2, 0.25) is 5.02 Å². The maximum Gasteiger partial charge on any atom is 0.259 e. The van der Waals surface area contributed by atoms with Gasteiger partial charge in [0, 0.05) is 24.6 Å². The summed E-state index contributed by atoms with van der Waals surface area (Å²) in [6, 6.07) is 9.55. The maximum absolute atomic E-state index is 13.4. The van der Waals surface area contributed by atoms with Crippen LogP contribution in [0, 0.1) is 11.6 Å². The molecule has 0 saturated carbocycles. The molecule has 0 N–H and O–H groups in total. The van der Waals surface area contributed by atoms with Gasteiger partial charge >= 0.3 is 0 Å². The van der Waals surface area contributed by atoms with Gasteiger partial charge < -0.3 is 9.42 Å². The van der Waals surface area contributed by atoms with E-state index < -0.39 is 5.82 Å². The third kappa shape index (κ3) is 3.06. The Morgan fingerprint density at radius 1 is 1.12 bits per heavy atom. The summed E-state index contributed by atoms with van der Waals surface area (Å²) in [5, 5.41) is 4.20. The number of nitrogens with zero attached hydrogens (tertiary/aromatic N) is 3. The van der Waals surface area contributed by atoms with E-state index in [1.54, 1.807) is 17.0 Å². The predicted octanol–water partition coefficient (Wildman–Crippen LogP) is 4.19. The number of carbonyl (C=O) groups excluding carboxylic acids is 1. The van der Waals surface area contributed by atoms with Crippen LogP contribution in [0.5, 0.6) is 0 Å². The number of hydrogen-bond donors (Lipinski definition) is 0. The molecule has 5 nitrogen and oxygen atoms in total. The molecule has 0 aliphatic carbocycles. The molecule has 4 rings (SSSR count). The molecule has 132 valence electrons. The van der Waals surface area contributed by atoms with Crippen LogP contribution in [0.15, 0.2) is 47.0 Å². The smallest absolute Gasteiger partial charge is 0.259 e. The van der Waals surface area contributed by atoms with Gasteiger partial charge in [-0.05, 0) is 42.5 Å². The van der Waals surface area contributed by atoms with E-state index in [1.807, 2.05) is 0 Å². The Kier molecular flexibility index (Phi) is 4.16. The van der Waals surface area contributed by atoms with Crippen LogP contribution in [0.4, 0.5) is 14.5 Å². The molecule has 8 heteroatoms. The summed E-state index contributed by atoms with van der Waals surface area (Å²) in [4.78, 5) is 18.1. The second kappa shape index (κ2) is 6.49. The molecule has 1 saturated heterocycles. The highest BCUT2D eigenvalue weighted by Crippen LogP contribution is 2.33. The third-order valence-corrected chi connectivity index (χ3v) is 4.56. The summed E-state index contributed by atoms with van der Waals surface area (Å²) in [7, 11) is 0. The van der Waals surface area contributed by atoms with E-state index in [9.17, 15) is 13.6 Å². The summed E-state index contributed by atoms with van der Waals surface area (Å²) >= 11 is 6.05. The molecule has 1 aliphatic heterocycles. The van der Waals surface area contributed by atoms with Crippen molar-refractivity contribution in [1.82, 2.24) is 10.1 Å². The summed E-state index contributed by atoms with van der Waals surface area (Å²) < 4.78 is 31.7. The van der Waals surface area contributed by atoms with E-state index in [2.05, 4.69) is 10.1 Å². The number of rotatable bonds is 3. The van der Waals surface area contributed by atoms with E-state index in [0.717, 1.165) is 0 Å². The number of halogens is 3. The standard InChI is InChI=1S/C18H12ClF2N3O2/c19-15-6-3-12(21)8-14(15)18-22-17(23-26-18)10-7-16(25)24(9-10)13-4-1-11(20)2-5-13/h1-6,8,10H,7,9H2/t10-/m0/s1. The minimum atomic E-state index is -0.470. The van der Waals surface area contributed by atoms with Gasteiger partial charge in [0.2, 0.25) is 5.91 Å². The molecule has 1 atom stereocenters. The molecule has 0 spiro atoms. The Bertz CT molecular complexity index is 975. The largest absolute Gasteiger partial charge is 0.334 e. The summed E-state index contributed by atoms with van der Waals surface area (Å²) in [6.07, 6.45) is 0.202. The third-order valence-electron chi connectivity index (χ3n) is 4.23. The molecule has 0 unspecified atom stereocenters. The van der Waals surface area contributed by atoms with Crippen molar-refractivity contribution in [3.05, 3.63) is 64.9 Å². The molecule has 2 heterocycles. The first-order chi connectivity index (χ1) is 12.5. The lowest BCUT2D eigenvalue weighted by atomic mass is 10.1. The molecule has 2 aromatic carbocycles. The molecular formula is C18H12ClF2N3O2. The van der Waals surface area contributed by atoms with Crippen molar-refractivity contribution >= 4 is 23.2 Å². The molecule has 0 radical (unpaired) electrons. The lowest BCUT2D eigenvalue weighted by molar-refractivity contribution is -0.117. The van der Waals surface area contributed by atoms with E-state index >= 15 is 0 Å². The first-order valence-electron chi connectivity index (χ1n) is 7.86. The number of carbonyl (C=O) groups is 1. The lowest BCUT2D eigenvalue weighted by Gasteiger charge is -2.15. The van der Waals surface area contributed by atoms with E-state index in [0.29, 0.717) is 23.6 Å². The minimum Gasteiger partial charge on any atom is -0.334 e. The van der Waals surface area contributed by atoms with Crippen LogP contribution < -0.4 is 4.90 Å². The Balaban J connectivity index is 1.58. The van der Waals surface area contributed by atoms with Crippen LogP contribution in [0.1, 0.15) is 18.2 Å². The average molecular weight is 376 g/mol. The topological polar surface area (TPSA) is 59.2 Å². The number of hydrogen-bond acceptors (Lipinski definition) is 4. The number of aromatic nitrogens is 2. The van der Waals surface area contributed by atoms with Gasteiger partial charge in [-0.3, -0.25) is 4.79 Å². The Morgan fingerprint density at radius 3 is 2.62 bits per heavy atom. The first kappa shape index (κ1) is 16.7. The highest BCUT2D eigenvalue weighted by molar-refractivity contribution is 6.33. The van der Waals surface area contributed by atoms with Crippen LogP contribution in [-0.4, -0.2) is 22.6 Å². The van der Waals surface area contributed by atoms with Gasteiger partial charge in [-0.1, -0.05) is 16.8 Å². The molecule has 1 fully saturated rings. The number of anilines is 1. The Morgan fingerprint density at radius 2 is 1.85 bits per heavy atom. The highest BCUT2D eigenvalue weighted by Gasteiger charge is 2.34. The van der Waals surface area contributed by atoms with Crippen molar-refractivity contribution in [1.29, 1.82) is 0 Å². The molecular weight excluding hydrogens is 364 g/mol. The fraction of sp³-hybridized carbons (Fsp3) is 0.167. The van der Waals surface area contributed by atoms with Crippen molar-refractivity contribution in [3.63, 3.8) is 0 Å². The quantitative estimate of drug-likeness (QED) is 0.688. The maximum atomic E-state index is 13.4. The van der Waals surface area contributed by atoms with Crippen molar-refractivity contribution in [2.75, 3.05) is 11.4 Å². The van der Waals surface area contributed by atoms with E-state index in [1.165, 1.54) is 30.3 Å². The van der Waals surface area contributed by atoms with Gasteiger partial charge in [0.05, 0.1) is 10.6 Å². The van der Waals surface area contributed by atoms with Gasteiger partial charge in [0.1, 0.15) is 11.6 Å². The fourth-order valence-electron chi connectivity index (χ4n) is 2.92. The first-order valence-corrected chi connectivity index (χ1v) is 8.24.